The Labute approximate surface area is 111 Å². The Balaban J connectivity index is 2.27. The van der Waals surface area contributed by atoms with Gasteiger partial charge in [-0.05, 0) is 24.1 Å². The molecule has 0 radical (unpaired) electrons. The summed E-state index contributed by atoms with van der Waals surface area (Å²) in [5.74, 6) is 1.14. The highest BCUT2D eigenvalue weighted by atomic mass is 35.5. The molecular formula is C13H15ClN4. The largest absolute Gasteiger partial charge is 0.357 e. The number of nitrogens with one attached hydrogen (secondary N) is 2. The van der Waals surface area contributed by atoms with Gasteiger partial charge in [0.2, 0.25) is 5.95 Å². The molecule has 0 fully saturated rings. The lowest BCUT2D eigenvalue weighted by atomic mass is 10.1. The molecule has 0 atom stereocenters. The molecule has 4 nitrogen and oxygen atoms in total. The Morgan fingerprint density at radius 2 is 2.17 bits per heavy atom. The van der Waals surface area contributed by atoms with Crippen molar-refractivity contribution in [1.82, 2.24) is 9.97 Å². The number of hydrogen-bond donors (Lipinski definition) is 2. The Kier molecular flexibility index (Phi) is 3.99. The quantitative estimate of drug-likeness (QED) is 0.886. The van der Waals surface area contributed by atoms with Gasteiger partial charge in [-0.3, -0.25) is 0 Å². The van der Waals surface area contributed by atoms with E-state index < -0.39 is 0 Å². The predicted molar refractivity (Wildman–Crippen MR) is 75.7 cm³/mol. The first kappa shape index (κ1) is 12.6. The van der Waals surface area contributed by atoms with Gasteiger partial charge in [0.15, 0.2) is 5.82 Å². The lowest BCUT2D eigenvalue weighted by Gasteiger charge is -2.09. The van der Waals surface area contributed by atoms with Crippen LogP contribution in [0.4, 0.5) is 17.5 Å². The topological polar surface area (TPSA) is 49.8 Å². The van der Waals surface area contributed by atoms with Crippen molar-refractivity contribution < 1.29 is 0 Å². The zero-order valence-corrected chi connectivity index (χ0v) is 11.1. The molecule has 0 amide bonds. The molecule has 1 aromatic carbocycles. The number of halogens is 1. The molecule has 0 aliphatic carbocycles. The first-order valence-corrected chi connectivity index (χ1v) is 6.17. The van der Waals surface area contributed by atoms with E-state index in [1.54, 1.807) is 13.2 Å². The van der Waals surface area contributed by atoms with E-state index in [2.05, 4.69) is 39.7 Å². The van der Waals surface area contributed by atoms with Gasteiger partial charge in [0, 0.05) is 12.7 Å². The molecule has 5 heteroatoms. The second-order valence-electron chi connectivity index (χ2n) is 3.82. The van der Waals surface area contributed by atoms with Crippen LogP contribution >= 0.6 is 11.6 Å². The van der Waals surface area contributed by atoms with Gasteiger partial charge >= 0.3 is 0 Å². The Bertz CT molecular complexity index is 542. The van der Waals surface area contributed by atoms with E-state index in [0.717, 1.165) is 12.1 Å². The van der Waals surface area contributed by atoms with Crippen molar-refractivity contribution >= 4 is 29.1 Å². The number of hydrogen-bond acceptors (Lipinski definition) is 4. The van der Waals surface area contributed by atoms with Crippen LogP contribution in [0.25, 0.3) is 0 Å². The summed E-state index contributed by atoms with van der Waals surface area (Å²) in [5.41, 5.74) is 2.23. The number of rotatable bonds is 4. The monoisotopic (exact) mass is 262 g/mol. The average Bonchev–Trinajstić information content (AvgIpc) is 2.41. The van der Waals surface area contributed by atoms with Gasteiger partial charge in [-0.15, -0.1) is 0 Å². The van der Waals surface area contributed by atoms with Crippen LogP contribution in [-0.2, 0) is 6.42 Å². The molecule has 0 saturated carbocycles. The summed E-state index contributed by atoms with van der Waals surface area (Å²) >= 11 is 6.06. The number of anilines is 3. The molecular weight excluding hydrogens is 248 g/mol. The van der Waals surface area contributed by atoms with Crippen LogP contribution in [0.2, 0.25) is 5.02 Å². The zero-order chi connectivity index (χ0) is 13.0. The van der Waals surface area contributed by atoms with Crippen LogP contribution in [-0.4, -0.2) is 17.0 Å². The van der Waals surface area contributed by atoms with Crippen molar-refractivity contribution in [2.75, 3.05) is 17.7 Å². The molecule has 0 bridgehead atoms. The van der Waals surface area contributed by atoms with Crippen LogP contribution in [0.3, 0.4) is 0 Å². The van der Waals surface area contributed by atoms with Crippen LogP contribution in [0.5, 0.6) is 0 Å². The van der Waals surface area contributed by atoms with E-state index in [0.29, 0.717) is 16.8 Å². The van der Waals surface area contributed by atoms with Crippen molar-refractivity contribution in [3.63, 3.8) is 0 Å². The minimum atomic E-state index is 0.496. The molecule has 2 N–H and O–H groups in total. The highest BCUT2D eigenvalue weighted by Crippen LogP contribution is 2.24. The fraction of sp³-hybridized carbons (Fsp3) is 0.231. The molecule has 1 aromatic heterocycles. The number of aryl methyl sites for hydroxylation is 1. The summed E-state index contributed by atoms with van der Waals surface area (Å²) in [6, 6.07) is 8.16. The maximum Gasteiger partial charge on any atom is 0.224 e. The zero-order valence-electron chi connectivity index (χ0n) is 10.4. The molecule has 2 rings (SSSR count). The Morgan fingerprint density at radius 1 is 1.33 bits per heavy atom. The second-order valence-corrected chi connectivity index (χ2v) is 4.23. The van der Waals surface area contributed by atoms with Crippen molar-refractivity contribution in [2.24, 2.45) is 0 Å². The summed E-state index contributed by atoms with van der Waals surface area (Å²) in [6.07, 6.45) is 2.57. The van der Waals surface area contributed by atoms with Gasteiger partial charge in [0.1, 0.15) is 5.02 Å². The van der Waals surface area contributed by atoms with Gasteiger partial charge in [0.05, 0.1) is 6.20 Å². The molecule has 94 valence electrons. The molecule has 0 aliphatic heterocycles. The van der Waals surface area contributed by atoms with E-state index in [1.165, 1.54) is 5.56 Å². The van der Waals surface area contributed by atoms with E-state index in [-0.39, 0.29) is 0 Å². The molecule has 0 saturated heterocycles. The van der Waals surface area contributed by atoms with E-state index in [4.69, 9.17) is 11.6 Å². The first-order chi connectivity index (χ1) is 8.72. The van der Waals surface area contributed by atoms with Gasteiger partial charge in [-0.2, -0.15) is 4.98 Å². The summed E-state index contributed by atoms with van der Waals surface area (Å²) in [4.78, 5) is 8.31. The highest BCUT2D eigenvalue weighted by Gasteiger charge is 2.05. The van der Waals surface area contributed by atoms with Crippen LogP contribution in [0, 0.1) is 0 Å². The van der Waals surface area contributed by atoms with Crippen LogP contribution in [0.15, 0.2) is 30.5 Å². The minimum Gasteiger partial charge on any atom is -0.357 e. The van der Waals surface area contributed by atoms with Crippen molar-refractivity contribution in [1.29, 1.82) is 0 Å². The third kappa shape index (κ3) is 2.90. The van der Waals surface area contributed by atoms with Gasteiger partial charge in [-0.25, -0.2) is 4.98 Å². The summed E-state index contributed by atoms with van der Waals surface area (Å²) in [5, 5.41) is 6.58. The van der Waals surface area contributed by atoms with Crippen molar-refractivity contribution in [2.45, 2.75) is 13.3 Å². The van der Waals surface area contributed by atoms with Gasteiger partial charge in [-0.1, -0.05) is 30.7 Å². The second kappa shape index (κ2) is 5.69. The molecule has 0 unspecified atom stereocenters. The smallest absolute Gasteiger partial charge is 0.224 e. The number of nitrogens with zero attached hydrogens (tertiary/aromatic N) is 2. The predicted octanol–water partition coefficient (Wildman–Crippen LogP) is 3.48. The van der Waals surface area contributed by atoms with Crippen LogP contribution in [0.1, 0.15) is 12.5 Å². The third-order valence-electron chi connectivity index (χ3n) is 2.57. The molecule has 0 spiro atoms. The van der Waals surface area contributed by atoms with E-state index in [1.807, 2.05) is 12.1 Å². The lowest BCUT2D eigenvalue weighted by Crippen LogP contribution is -2.01. The molecule has 2 aromatic rings. The number of benzene rings is 1. The van der Waals surface area contributed by atoms with Crippen LogP contribution < -0.4 is 10.6 Å². The molecule has 0 aliphatic rings. The maximum absolute atomic E-state index is 6.06. The number of aromatic nitrogens is 2. The molecule has 1 heterocycles. The summed E-state index contributed by atoms with van der Waals surface area (Å²) in [6.45, 7) is 2.12. The summed E-state index contributed by atoms with van der Waals surface area (Å²) in [7, 11) is 1.77. The average molecular weight is 263 g/mol. The standard InChI is InChI=1S/C13H15ClN4/c1-3-9-5-4-6-10(7-9)17-12-11(14)8-16-13(15-2)18-12/h4-8H,3H2,1-2H3,(H2,15,16,17,18). The fourth-order valence-corrected chi connectivity index (χ4v) is 1.72. The van der Waals surface area contributed by atoms with Crippen molar-refractivity contribution in [3.8, 4) is 0 Å². The Hall–Kier alpha value is -1.81. The maximum atomic E-state index is 6.06. The summed E-state index contributed by atoms with van der Waals surface area (Å²) < 4.78 is 0. The van der Waals surface area contributed by atoms with Crippen molar-refractivity contribution in [3.05, 3.63) is 41.0 Å². The Morgan fingerprint density at radius 3 is 2.89 bits per heavy atom. The van der Waals surface area contributed by atoms with Gasteiger partial charge < -0.3 is 10.6 Å². The highest BCUT2D eigenvalue weighted by molar-refractivity contribution is 6.32. The van der Waals surface area contributed by atoms with Gasteiger partial charge in [0.25, 0.3) is 0 Å². The SMILES string of the molecule is CCc1cccc(Nc2nc(NC)ncc2Cl)c1. The fourth-order valence-electron chi connectivity index (χ4n) is 1.58. The molecule has 18 heavy (non-hydrogen) atoms. The first-order valence-electron chi connectivity index (χ1n) is 5.79. The third-order valence-corrected chi connectivity index (χ3v) is 2.84. The lowest BCUT2D eigenvalue weighted by molar-refractivity contribution is 1.13. The normalized spacial score (nSPS) is 10.2. The van der Waals surface area contributed by atoms with E-state index >= 15 is 0 Å². The van der Waals surface area contributed by atoms with E-state index in [9.17, 15) is 0 Å². The minimum absolute atomic E-state index is 0.496.